The molecular formula is C17H24ClN5O3S. The van der Waals surface area contributed by atoms with Gasteiger partial charge in [0.2, 0.25) is 10.0 Å². The van der Waals surface area contributed by atoms with E-state index in [4.69, 9.17) is 11.6 Å². The van der Waals surface area contributed by atoms with Crippen molar-refractivity contribution in [3.8, 4) is 0 Å². The second-order valence-electron chi connectivity index (χ2n) is 6.30. The van der Waals surface area contributed by atoms with Gasteiger partial charge in [-0.3, -0.25) is 4.79 Å². The molecule has 0 atom stereocenters. The lowest BCUT2D eigenvalue weighted by molar-refractivity contribution is 0.0954. The third-order valence-corrected chi connectivity index (χ3v) is 6.62. The molecule has 1 aromatic carbocycles. The van der Waals surface area contributed by atoms with Crippen LogP contribution in [0.1, 0.15) is 37.0 Å². The first-order chi connectivity index (χ1) is 12.7. The first kappa shape index (κ1) is 21.3. The summed E-state index contributed by atoms with van der Waals surface area (Å²) in [6.07, 6.45) is 2.14. The minimum Gasteiger partial charge on any atom is -0.352 e. The second kappa shape index (κ2) is 8.81. The Kier molecular flexibility index (Phi) is 6.96. The summed E-state index contributed by atoms with van der Waals surface area (Å²) in [5, 5.41) is 10.8. The highest BCUT2D eigenvalue weighted by Gasteiger charge is 2.25. The minimum atomic E-state index is -3.70. The number of aryl methyl sites for hydroxylation is 1. The van der Waals surface area contributed by atoms with Crippen molar-refractivity contribution in [3.63, 3.8) is 0 Å². The number of sulfonamides is 1. The Hall–Kier alpha value is -1.97. The topological polar surface area (TPSA) is 97.2 Å². The highest BCUT2D eigenvalue weighted by molar-refractivity contribution is 7.89. The Morgan fingerprint density at radius 2 is 2.07 bits per heavy atom. The van der Waals surface area contributed by atoms with Gasteiger partial charge in [-0.1, -0.05) is 11.6 Å². The van der Waals surface area contributed by atoms with Gasteiger partial charge in [0, 0.05) is 32.6 Å². The minimum absolute atomic E-state index is 0.0268. The standard InChI is InChI=1S/C17H24ClN5O3S/c1-5-23-11-20-21-16(23)8-9-19-17(24)14-10-13(6-7-15(14)18)27(25,26)22(4)12(2)3/h6-7,10-12H,5,8-9H2,1-4H3,(H,19,24). The molecule has 10 heteroatoms. The Labute approximate surface area is 164 Å². The van der Waals surface area contributed by atoms with Gasteiger partial charge in [-0.2, -0.15) is 4.31 Å². The molecule has 0 fully saturated rings. The lowest BCUT2D eigenvalue weighted by Crippen LogP contribution is -2.33. The molecule has 0 spiro atoms. The molecule has 0 saturated carbocycles. The van der Waals surface area contributed by atoms with Crippen LogP contribution in [0.2, 0.25) is 5.02 Å². The van der Waals surface area contributed by atoms with Crippen molar-refractivity contribution in [2.75, 3.05) is 13.6 Å². The van der Waals surface area contributed by atoms with Crippen molar-refractivity contribution >= 4 is 27.5 Å². The Morgan fingerprint density at radius 1 is 1.37 bits per heavy atom. The van der Waals surface area contributed by atoms with Gasteiger partial charge in [0.05, 0.1) is 15.5 Å². The van der Waals surface area contributed by atoms with Crippen molar-refractivity contribution in [2.24, 2.45) is 0 Å². The van der Waals surface area contributed by atoms with Crippen LogP contribution in [0.15, 0.2) is 29.4 Å². The summed E-state index contributed by atoms with van der Waals surface area (Å²) in [5.74, 6) is 0.325. The van der Waals surface area contributed by atoms with Gasteiger partial charge in [0.25, 0.3) is 5.91 Å². The lowest BCUT2D eigenvalue weighted by atomic mass is 10.2. The van der Waals surface area contributed by atoms with Gasteiger partial charge in [-0.05, 0) is 39.0 Å². The number of carbonyl (C=O) groups is 1. The van der Waals surface area contributed by atoms with Gasteiger partial charge in [-0.25, -0.2) is 8.42 Å². The monoisotopic (exact) mass is 413 g/mol. The summed E-state index contributed by atoms with van der Waals surface area (Å²) in [4.78, 5) is 12.5. The fraction of sp³-hybridized carbons (Fsp3) is 0.471. The SMILES string of the molecule is CCn1cnnc1CCNC(=O)c1cc(S(=O)(=O)N(C)C(C)C)ccc1Cl. The first-order valence-corrected chi connectivity index (χ1v) is 10.4. The number of carbonyl (C=O) groups excluding carboxylic acids is 1. The molecule has 0 radical (unpaired) electrons. The molecule has 1 aromatic heterocycles. The van der Waals surface area contributed by atoms with Gasteiger partial charge >= 0.3 is 0 Å². The van der Waals surface area contributed by atoms with E-state index < -0.39 is 15.9 Å². The molecule has 0 aliphatic rings. The summed E-state index contributed by atoms with van der Waals surface area (Å²) >= 11 is 6.11. The third kappa shape index (κ3) is 4.85. The molecule has 0 unspecified atom stereocenters. The van der Waals surface area contributed by atoms with E-state index in [1.807, 2.05) is 11.5 Å². The predicted molar refractivity (Wildman–Crippen MR) is 103 cm³/mol. The van der Waals surface area contributed by atoms with Crippen molar-refractivity contribution < 1.29 is 13.2 Å². The highest BCUT2D eigenvalue weighted by Crippen LogP contribution is 2.23. The molecule has 8 nitrogen and oxygen atoms in total. The van der Waals surface area contributed by atoms with Crippen LogP contribution in [0.4, 0.5) is 0 Å². The van der Waals surface area contributed by atoms with Crippen LogP contribution in [0.25, 0.3) is 0 Å². The van der Waals surface area contributed by atoms with Crippen LogP contribution >= 0.6 is 11.6 Å². The third-order valence-electron chi connectivity index (χ3n) is 4.26. The summed E-state index contributed by atoms with van der Waals surface area (Å²) in [6, 6.07) is 3.92. The average molecular weight is 414 g/mol. The number of rotatable bonds is 8. The average Bonchev–Trinajstić information content (AvgIpc) is 3.08. The van der Waals surface area contributed by atoms with Crippen molar-refractivity contribution in [3.05, 3.63) is 40.9 Å². The molecule has 1 heterocycles. The van der Waals surface area contributed by atoms with Crippen molar-refractivity contribution in [1.82, 2.24) is 24.4 Å². The molecule has 27 heavy (non-hydrogen) atoms. The van der Waals surface area contributed by atoms with Gasteiger partial charge in [-0.15, -0.1) is 10.2 Å². The largest absolute Gasteiger partial charge is 0.352 e. The van der Waals surface area contributed by atoms with Crippen molar-refractivity contribution in [2.45, 2.75) is 44.7 Å². The zero-order valence-corrected chi connectivity index (χ0v) is 17.4. The summed E-state index contributed by atoms with van der Waals surface area (Å²) in [7, 11) is -2.20. The molecule has 2 rings (SSSR count). The number of nitrogens with zero attached hydrogens (tertiary/aromatic N) is 4. The zero-order chi connectivity index (χ0) is 20.2. The van der Waals surface area contributed by atoms with Crippen LogP contribution in [0, 0.1) is 0 Å². The van der Waals surface area contributed by atoms with Crippen LogP contribution < -0.4 is 5.32 Å². The molecule has 0 aliphatic carbocycles. The molecule has 0 bridgehead atoms. The van der Waals surface area contributed by atoms with E-state index in [-0.39, 0.29) is 21.5 Å². The number of aromatic nitrogens is 3. The Balaban J connectivity index is 2.14. The number of amides is 1. The highest BCUT2D eigenvalue weighted by atomic mass is 35.5. The molecule has 0 aliphatic heterocycles. The van der Waals surface area contributed by atoms with E-state index in [1.54, 1.807) is 20.2 Å². The van der Waals surface area contributed by atoms with E-state index in [0.717, 1.165) is 12.4 Å². The van der Waals surface area contributed by atoms with Crippen LogP contribution in [-0.4, -0.2) is 53.0 Å². The van der Waals surface area contributed by atoms with Crippen LogP contribution in [-0.2, 0) is 23.0 Å². The van der Waals surface area contributed by atoms with E-state index in [2.05, 4.69) is 15.5 Å². The number of benzene rings is 1. The maximum atomic E-state index is 12.6. The van der Waals surface area contributed by atoms with E-state index in [9.17, 15) is 13.2 Å². The molecule has 1 N–H and O–H groups in total. The van der Waals surface area contributed by atoms with Crippen molar-refractivity contribution in [1.29, 1.82) is 0 Å². The number of hydrogen-bond acceptors (Lipinski definition) is 5. The maximum Gasteiger partial charge on any atom is 0.252 e. The van der Waals surface area contributed by atoms with E-state index >= 15 is 0 Å². The maximum absolute atomic E-state index is 12.6. The summed E-state index contributed by atoms with van der Waals surface area (Å²) in [5.41, 5.74) is 0.117. The Morgan fingerprint density at radius 3 is 2.70 bits per heavy atom. The Bertz CT molecular complexity index is 911. The number of hydrogen-bond donors (Lipinski definition) is 1. The molecule has 2 aromatic rings. The van der Waals surface area contributed by atoms with E-state index in [0.29, 0.717) is 13.0 Å². The summed E-state index contributed by atoms with van der Waals surface area (Å²) < 4.78 is 28.4. The lowest BCUT2D eigenvalue weighted by Gasteiger charge is -2.21. The molecule has 0 saturated heterocycles. The predicted octanol–water partition coefficient (Wildman–Crippen LogP) is 1.95. The molecular weight excluding hydrogens is 390 g/mol. The fourth-order valence-electron chi connectivity index (χ4n) is 2.40. The first-order valence-electron chi connectivity index (χ1n) is 8.61. The molecule has 1 amide bonds. The van der Waals surface area contributed by atoms with Crippen LogP contribution in [0.5, 0.6) is 0 Å². The quantitative estimate of drug-likeness (QED) is 0.713. The fourth-order valence-corrected chi connectivity index (χ4v) is 4.00. The van der Waals surface area contributed by atoms with Gasteiger partial charge < -0.3 is 9.88 Å². The number of halogens is 1. The van der Waals surface area contributed by atoms with Gasteiger partial charge in [0.1, 0.15) is 12.2 Å². The normalized spacial score (nSPS) is 12.0. The molecule has 148 valence electrons. The second-order valence-corrected chi connectivity index (χ2v) is 8.70. The number of nitrogens with one attached hydrogen (secondary N) is 1. The smallest absolute Gasteiger partial charge is 0.252 e. The van der Waals surface area contributed by atoms with Crippen LogP contribution in [0.3, 0.4) is 0 Å². The van der Waals surface area contributed by atoms with E-state index in [1.165, 1.54) is 29.6 Å². The van der Waals surface area contributed by atoms with Gasteiger partial charge in [0.15, 0.2) is 0 Å². The zero-order valence-electron chi connectivity index (χ0n) is 15.8. The summed E-state index contributed by atoms with van der Waals surface area (Å²) in [6.45, 7) is 6.60.